The maximum absolute atomic E-state index is 13.4. The molecule has 4 nitrogen and oxygen atoms in total. The summed E-state index contributed by atoms with van der Waals surface area (Å²) in [5, 5.41) is 11.3. The summed E-state index contributed by atoms with van der Waals surface area (Å²) in [5.74, 6) is -2.58. The Kier molecular flexibility index (Phi) is 5.80. The van der Waals surface area contributed by atoms with Crippen LogP contribution in [0.1, 0.15) is 26.3 Å². The Bertz CT molecular complexity index is 1130. The number of rotatable bonds is 4. The van der Waals surface area contributed by atoms with Gasteiger partial charge in [0.1, 0.15) is 5.82 Å². The van der Waals surface area contributed by atoms with Crippen molar-refractivity contribution in [3.8, 4) is 11.1 Å². The van der Waals surface area contributed by atoms with Crippen LogP contribution in [0.4, 0.5) is 23.2 Å². The molecule has 30 heavy (non-hydrogen) atoms. The lowest BCUT2D eigenvalue weighted by Gasteiger charge is -2.15. The largest absolute Gasteiger partial charge is 0.478 e. The van der Waals surface area contributed by atoms with E-state index < -0.39 is 29.4 Å². The molecule has 0 saturated carbocycles. The van der Waals surface area contributed by atoms with Crippen molar-refractivity contribution in [1.82, 2.24) is 0 Å². The molecule has 0 aliphatic heterocycles. The molecule has 3 aromatic carbocycles. The van der Waals surface area contributed by atoms with Gasteiger partial charge in [0.15, 0.2) is 0 Å². The van der Waals surface area contributed by atoms with Gasteiger partial charge in [0, 0.05) is 16.8 Å². The number of amides is 1. The highest BCUT2D eigenvalue weighted by molar-refractivity contribution is 6.33. The summed E-state index contributed by atoms with van der Waals surface area (Å²) in [6.45, 7) is 0. The van der Waals surface area contributed by atoms with E-state index in [-0.39, 0.29) is 33.0 Å². The highest BCUT2D eigenvalue weighted by atomic mass is 35.5. The van der Waals surface area contributed by atoms with Gasteiger partial charge >= 0.3 is 12.1 Å². The Hall–Kier alpha value is -3.39. The molecular weight excluding hydrogens is 426 g/mol. The van der Waals surface area contributed by atoms with Crippen molar-refractivity contribution in [2.45, 2.75) is 6.18 Å². The second-order valence-electron chi connectivity index (χ2n) is 6.22. The zero-order valence-electron chi connectivity index (χ0n) is 14.9. The molecule has 154 valence electrons. The average molecular weight is 438 g/mol. The molecule has 0 unspecified atom stereocenters. The van der Waals surface area contributed by atoms with E-state index in [1.165, 1.54) is 30.3 Å². The normalized spacial score (nSPS) is 11.2. The van der Waals surface area contributed by atoms with Crippen molar-refractivity contribution in [3.05, 3.63) is 88.2 Å². The molecule has 0 aliphatic carbocycles. The first-order valence-corrected chi connectivity index (χ1v) is 8.75. The highest BCUT2D eigenvalue weighted by Crippen LogP contribution is 2.37. The van der Waals surface area contributed by atoms with Crippen LogP contribution >= 0.6 is 11.6 Å². The first-order valence-electron chi connectivity index (χ1n) is 8.37. The number of benzene rings is 3. The Labute approximate surface area is 172 Å². The zero-order chi connectivity index (χ0) is 22.1. The predicted octanol–water partition coefficient (Wildman–Crippen LogP) is 6.12. The van der Waals surface area contributed by atoms with E-state index >= 15 is 0 Å². The van der Waals surface area contributed by atoms with Gasteiger partial charge in [-0.05, 0) is 66.2 Å². The first kappa shape index (κ1) is 21.3. The number of alkyl halides is 3. The molecule has 0 heterocycles. The summed E-state index contributed by atoms with van der Waals surface area (Å²) in [5.41, 5.74) is -0.966. The lowest BCUT2D eigenvalue weighted by atomic mass is 9.96. The topological polar surface area (TPSA) is 66.4 Å². The summed E-state index contributed by atoms with van der Waals surface area (Å²) in [7, 11) is 0. The summed E-state index contributed by atoms with van der Waals surface area (Å²) >= 11 is 6.01. The smallest absolute Gasteiger partial charge is 0.416 e. The maximum atomic E-state index is 13.4. The highest BCUT2D eigenvalue weighted by Gasteiger charge is 2.32. The molecule has 3 rings (SSSR count). The zero-order valence-corrected chi connectivity index (χ0v) is 15.7. The third-order valence-corrected chi connectivity index (χ3v) is 4.52. The number of hydrogen-bond donors (Lipinski definition) is 2. The molecule has 2 N–H and O–H groups in total. The lowest BCUT2D eigenvalue weighted by molar-refractivity contribution is -0.137. The summed E-state index contributed by atoms with van der Waals surface area (Å²) in [6.07, 6.45) is -4.66. The van der Waals surface area contributed by atoms with E-state index in [1.807, 2.05) is 0 Å². The van der Waals surface area contributed by atoms with Gasteiger partial charge < -0.3 is 10.4 Å². The molecule has 3 aromatic rings. The Morgan fingerprint density at radius 2 is 1.57 bits per heavy atom. The number of nitrogens with one attached hydrogen (secondary N) is 1. The number of carboxylic acids is 1. The minimum atomic E-state index is -4.66. The summed E-state index contributed by atoms with van der Waals surface area (Å²) in [6, 6.07) is 10.9. The number of aromatic carboxylic acids is 1. The van der Waals surface area contributed by atoms with Gasteiger partial charge in [0.25, 0.3) is 5.91 Å². The van der Waals surface area contributed by atoms with Gasteiger partial charge in [-0.25, -0.2) is 9.18 Å². The lowest BCUT2D eigenvalue weighted by Crippen LogP contribution is -2.15. The van der Waals surface area contributed by atoms with Gasteiger partial charge in [0.05, 0.1) is 16.1 Å². The van der Waals surface area contributed by atoms with E-state index in [2.05, 4.69) is 5.32 Å². The molecule has 0 radical (unpaired) electrons. The maximum Gasteiger partial charge on any atom is 0.416 e. The second kappa shape index (κ2) is 8.16. The Morgan fingerprint density at radius 3 is 2.13 bits per heavy atom. The molecule has 0 atom stereocenters. The van der Waals surface area contributed by atoms with E-state index in [4.69, 9.17) is 16.7 Å². The Balaban J connectivity index is 2.04. The average Bonchev–Trinajstić information content (AvgIpc) is 2.67. The SMILES string of the molecule is O=C(O)c1ccc(NC(=O)c2ccc(C(F)(F)F)cc2-c2ccc(F)cc2Cl)cc1. The Morgan fingerprint density at radius 1 is 0.900 bits per heavy atom. The monoisotopic (exact) mass is 437 g/mol. The molecule has 9 heteroatoms. The fourth-order valence-corrected chi connectivity index (χ4v) is 3.01. The second-order valence-corrected chi connectivity index (χ2v) is 6.63. The molecule has 0 aliphatic rings. The van der Waals surface area contributed by atoms with E-state index in [9.17, 15) is 27.2 Å². The minimum Gasteiger partial charge on any atom is -0.478 e. The molecule has 0 bridgehead atoms. The van der Waals surface area contributed by atoms with Gasteiger partial charge in [-0.1, -0.05) is 11.6 Å². The molecular formula is C21H12ClF4NO3. The van der Waals surface area contributed by atoms with Crippen molar-refractivity contribution < 1.29 is 32.3 Å². The van der Waals surface area contributed by atoms with Crippen LogP contribution in [0.5, 0.6) is 0 Å². The third kappa shape index (κ3) is 4.60. The fraction of sp³-hybridized carbons (Fsp3) is 0.0476. The number of carbonyl (C=O) groups is 2. The van der Waals surface area contributed by atoms with Gasteiger partial charge in [-0.3, -0.25) is 4.79 Å². The summed E-state index contributed by atoms with van der Waals surface area (Å²) < 4.78 is 53.0. The van der Waals surface area contributed by atoms with Crippen molar-refractivity contribution in [2.75, 3.05) is 5.32 Å². The molecule has 0 saturated heterocycles. The van der Waals surface area contributed by atoms with E-state index in [0.29, 0.717) is 0 Å². The van der Waals surface area contributed by atoms with Gasteiger partial charge in [-0.2, -0.15) is 13.2 Å². The van der Waals surface area contributed by atoms with Crippen LogP contribution in [0.2, 0.25) is 5.02 Å². The molecule has 0 fully saturated rings. The predicted molar refractivity (Wildman–Crippen MR) is 103 cm³/mol. The standard InChI is InChI=1S/C21H12ClF4NO3/c22-18-10-13(23)4-8-15(18)17-9-12(21(24,25)26)3-7-16(17)19(28)27-14-5-1-11(2-6-14)20(29)30/h1-10H,(H,27,28)(H,29,30). The number of carbonyl (C=O) groups excluding carboxylic acids is 1. The van der Waals surface area contributed by atoms with Crippen LogP contribution in [0, 0.1) is 5.82 Å². The number of anilines is 1. The first-order chi connectivity index (χ1) is 14.1. The van der Waals surface area contributed by atoms with Crippen LogP contribution < -0.4 is 5.32 Å². The van der Waals surface area contributed by atoms with Gasteiger partial charge in [-0.15, -0.1) is 0 Å². The van der Waals surface area contributed by atoms with Crippen LogP contribution in [0.25, 0.3) is 11.1 Å². The third-order valence-electron chi connectivity index (χ3n) is 4.20. The van der Waals surface area contributed by atoms with Crippen molar-refractivity contribution in [1.29, 1.82) is 0 Å². The summed E-state index contributed by atoms with van der Waals surface area (Å²) in [4.78, 5) is 23.6. The minimum absolute atomic E-state index is 0.00121. The van der Waals surface area contributed by atoms with Crippen LogP contribution in [-0.4, -0.2) is 17.0 Å². The number of halogens is 5. The van der Waals surface area contributed by atoms with Crippen molar-refractivity contribution in [2.24, 2.45) is 0 Å². The van der Waals surface area contributed by atoms with E-state index in [0.717, 1.165) is 30.3 Å². The quantitative estimate of drug-likeness (QED) is 0.483. The fourth-order valence-electron chi connectivity index (χ4n) is 2.74. The molecule has 1 amide bonds. The van der Waals surface area contributed by atoms with Crippen LogP contribution in [-0.2, 0) is 6.18 Å². The van der Waals surface area contributed by atoms with Gasteiger partial charge in [0.2, 0.25) is 0 Å². The molecule has 0 aromatic heterocycles. The number of carboxylic acid groups (broad SMARTS) is 1. The van der Waals surface area contributed by atoms with Crippen molar-refractivity contribution in [3.63, 3.8) is 0 Å². The number of hydrogen-bond acceptors (Lipinski definition) is 2. The van der Waals surface area contributed by atoms with Crippen LogP contribution in [0.3, 0.4) is 0 Å². The van der Waals surface area contributed by atoms with E-state index in [1.54, 1.807) is 0 Å². The molecule has 0 spiro atoms. The van der Waals surface area contributed by atoms with Crippen molar-refractivity contribution >= 4 is 29.2 Å². The van der Waals surface area contributed by atoms with Crippen LogP contribution in [0.15, 0.2) is 60.7 Å².